The number of phosphoric acid groups is 2. The van der Waals surface area contributed by atoms with Gasteiger partial charge in [0.1, 0.15) is 19.3 Å². The minimum absolute atomic E-state index is 0.108. The number of esters is 4. The summed E-state index contributed by atoms with van der Waals surface area (Å²) in [5, 5.41) is 10.6. The van der Waals surface area contributed by atoms with Gasteiger partial charge in [0.05, 0.1) is 26.4 Å². The van der Waals surface area contributed by atoms with Crippen molar-refractivity contribution in [2.45, 2.75) is 406 Å². The third-order valence-electron chi connectivity index (χ3n) is 17.3. The molecule has 2 unspecified atom stereocenters. The van der Waals surface area contributed by atoms with Crippen molar-refractivity contribution in [3.05, 3.63) is 0 Å². The Morgan fingerprint density at radius 3 is 0.731 bits per heavy atom. The van der Waals surface area contributed by atoms with E-state index in [1.165, 1.54) is 212 Å². The van der Waals surface area contributed by atoms with Gasteiger partial charge >= 0.3 is 39.5 Å². The highest BCUT2D eigenvalue weighted by atomic mass is 31.2. The van der Waals surface area contributed by atoms with Gasteiger partial charge in [-0.1, -0.05) is 336 Å². The van der Waals surface area contributed by atoms with Crippen LogP contribution in [0.3, 0.4) is 0 Å². The summed E-state index contributed by atoms with van der Waals surface area (Å²) in [6, 6.07) is 0. The van der Waals surface area contributed by atoms with Crippen LogP contribution in [0.15, 0.2) is 0 Å². The highest BCUT2D eigenvalue weighted by molar-refractivity contribution is 7.47. The van der Waals surface area contributed by atoms with Gasteiger partial charge in [0.15, 0.2) is 12.2 Å². The molecule has 0 amide bonds. The third-order valence-corrected chi connectivity index (χ3v) is 19.2. The summed E-state index contributed by atoms with van der Waals surface area (Å²) in [5.41, 5.74) is 0. The van der Waals surface area contributed by atoms with E-state index in [4.69, 9.17) is 37.0 Å². The van der Waals surface area contributed by atoms with Gasteiger partial charge in [-0.25, -0.2) is 9.13 Å². The maximum Gasteiger partial charge on any atom is 0.472 e. The number of hydrogen-bond donors (Lipinski definition) is 3. The van der Waals surface area contributed by atoms with Gasteiger partial charge in [-0.2, -0.15) is 0 Å². The molecule has 17 nitrogen and oxygen atoms in total. The monoisotopic (exact) mass is 1370 g/mol. The molecule has 0 aliphatic rings. The Morgan fingerprint density at radius 2 is 0.495 bits per heavy atom. The van der Waals surface area contributed by atoms with Gasteiger partial charge in [0.25, 0.3) is 0 Å². The first-order chi connectivity index (χ1) is 45.0. The molecule has 0 saturated carbocycles. The Bertz CT molecular complexity index is 1790. The zero-order valence-electron chi connectivity index (χ0n) is 60.4. The molecule has 0 rings (SSSR count). The summed E-state index contributed by atoms with van der Waals surface area (Å²) >= 11 is 0. The second-order valence-corrected chi connectivity index (χ2v) is 30.1. The van der Waals surface area contributed by atoms with Gasteiger partial charge in [-0.15, -0.1) is 0 Å². The zero-order chi connectivity index (χ0) is 68.4. The second-order valence-electron chi connectivity index (χ2n) is 27.2. The Morgan fingerprint density at radius 1 is 0.290 bits per heavy atom. The van der Waals surface area contributed by atoms with E-state index in [1.54, 1.807) is 0 Å². The highest BCUT2D eigenvalue weighted by Gasteiger charge is 2.30. The topological polar surface area (TPSA) is 237 Å². The van der Waals surface area contributed by atoms with E-state index >= 15 is 0 Å². The van der Waals surface area contributed by atoms with Crippen LogP contribution in [0, 0.1) is 5.92 Å². The maximum absolute atomic E-state index is 13.1. The van der Waals surface area contributed by atoms with E-state index in [-0.39, 0.29) is 25.7 Å². The fourth-order valence-electron chi connectivity index (χ4n) is 11.4. The average molecular weight is 1370 g/mol. The smallest absolute Gasteiger partial charge is 0.462 e. The van der Waals surface area contributed by atoms with E-state index in [9.17, 15) is 43.2 Å². The molecule has 552 valence electrons. The SMILES string of the molecule is CCCCCCCCCCCCCCCC(=O)OC[C@H](COP(=O)(O)OC[C@@H](O)COP(=O)(O)OC[C@@H](COC(=O)CCCCCCCCCCCCCC)OC(=O)CCCCCCCCCCCCCC)OC(=O)CCCCCCCCCCCCCCCC(C)C. The normalized spacial score (nSPS) is 14.0. The van der Waals surface area contributed by atoms with Crippen molar-refractivity contribution in [1.29, 1.82) is 0 Å². The van der Waals surface area contributed by atoms with E-state index in [1.807, 2.05) is 0 Å². The zero-order valence-corrected chi connectivity index (χ0v) is 62.2. The van der Waals surface area contributed by atoms with Gasteiger partial charge in [-0.3, -0.25) is 37.3 Å². The van der Waals surface area contributed by atoms with Gasteiger partial charge in [0, 0.05) is 25.7 Å². The number of rotatable bonds is 74. The summed E-state index contributed by atoms with van der Waals surface area (Å²) in [5.74, 6) is -1.33. The van der Waals surface area contributed by atoms with Crippen LogP contribution in [-0.4, -0.2) is 96.7 Å². The van der Waals surface area contributed by atoms with Crippen molar-refractivity contribution < 1.29 is 80.2 Å². The van der Waals surface area contributed by atoms with E-state index in [0.717, 1.165) is 95.8 Å². The molecular formula is C74H144O17P2. The molecule has 0 aliphatic heterocycles. The highest BCUT2D eigenvalue weighted by Crippen LogP contribution is 2.45. The fraction of sp³-hybridized carbons (Fsp3) is 0.946. The number of phosphoric ester groups is 2. The van der Waals surface area contributed by atoms with Crippen LogP contribution in [0.5, 0.6) is 0 Å². The van der Waals surface area contributed by atoms with E-state index in [0.29, 0.717) is 25.7 Å². The van der Waals surface area contributed by atoms with Crippen molar-refractivity contribution >= 4 is 39.5 Å². The lowest BCUT2D eigenvalue weighted by Gasteiger charge is -2.21. The van der Waals surface area contributed by atoms with Crippen LogP contribution < -0.4 is 0 Å². The number of carbonyl (C=O) groups excluding carboxylic acids is 4. The fourth-order valence-corrected chi connectivity index (χ4v) is 12.9. The van der Waals surface area contributed by atoms with Crippen LogP contribution in [-0.2, 0) is 65.4 Å². The lowest BCUT2D eigenvalue weighted by Crippen LogP contribution is -2.30. The van der Waals surface area contributed by atoms with E-state index in [2.05, 4.69) is 34.6 Å². The van der Waals surface area contributed by atoms with Crippen molar-refractivity contribution in [3.8, 4) is 0 Å². The first-order valence-electron chi connectivity index (χ1n) is 38.6. The van der Waals surface area contributed by atoms with Crippen LogP contribution >= 0.6 is 15.6 Å². The Kier molecular flexibility index (Phi) is 65.9. The number of aliphatic hydroxyl groups excluding tert-OH is 1. The van der Waals surface area contributed by atoms with Gasteiger partial charge < -0.3 is 33.8 Å². The predicted molar refractivity (Wildman–Crippen MR) is 377 cm³/mol. The molecule has 0 heterocycles. The summed E-state index contributed by atoms with van der Waals surface area (Å²) in [4.78, 5) is 72.7. The van der Waals surface area contributed by atoms with Crippen molar-refractivity contribution in [2.75, 3.05) is 39.6 Å². The Labute approximate surface area is 568 Å². The molecule has 3 N–H and O–H groups in total. The lowest BCUT2D eigenvalue weighted by molar-refractivity contribution is -0.161. The molecule has 0 radical (unpaired) electrons. The molecule has 93 heavy (non-hydrogen) atoms. The quantitative estimate of drug-likeness (QED) is 0.0222. The molecule has 0 aliphatic carbocycles. The van der Waals surface area contributed by atoms with Crippen molar-refractivity contribution in [1.82, 2.24) is 0 Å². The van der Waals surface area contributed by atoms with E-state index < -0.39 is 97.5 Å². The molecule has 0 bridgehead atoms. The number of hydrogen-bond acceptors (Lipinski definition) is 15. The molecule has 0 saturated heterocycles. The minimum atomic E-state index is -4.95. The van der Waals surface area contributed by atoms with Gasteiger partial charge in [-0.05, 0) is 31.6 Å². The molecule has 5 atom stereocenters. The third kappa shape index (κ3) is 68.4. The summed E-state index contributed by atoms with van der Waals surface area (Å²) in [6.07, 6.45) is 55.2. The molecule has 0 aromatic carbocycles. The first-order valence-corrected chi connectivity index (χ1v) is 41.6. The molecule has 0 fully saturated rings. The van der Waals surface area contributed by atoms with Crippen LogP contribution in [0.1, 0.15) is 388 Å². The van der Waals surface area contributed by atoms with Crippen molar-refractivity contribution in [3.63, 3.8) is 0 Å². The van der Waals surface area contributed by atoms with Crippen LogP contribution in [0.2, 0.25) is 0 Å². The first kappa shape index (κ1) is 91.1. The second kappa shape index (κ2) is 67.3. The molecule has 0 spiro atoms. The summed E-state index contributed by atoms with van der Waals surface area (Å²) in [7, 11) is -9.91. The molecular weight excluding hydrogens is 1220 g/mol. The van der Waals surface area contributed by atoms with Gasteiger partial charge in [0.2, 0.25) is 0 Å². The number of aliphatic hydroxyl groups is 1. The predicted octanol–water partition coefficient (Wildman–Crippen LogP) is 21.7. The average Bonchev–Trinajstić information content (AvgIpc) is 2.57. The van der Waals surface area contributed by atoms with Crippen molar-refractivity contribution in [2.24, 2.45) is 5.92 Å². The standard InChI is InChI=1S/C74H144O17P2/c1-6-9-12-15-18-21-24-28-34-38-43-48-53-58-72(77)85-64-70(91-74(79)60-55-50-45-40-35-30-27-29-31-36-41-46-51-56-67(4)5)66-89-93(82,83)87-62-68(75)61-86-92(80,81)88-65-69(90-73(78)59-54-49-44-39-33-26-23-20-17-14-11-8-3)63-84-71(76)57-52-47-42-37-32-25-22-19-16-13-10-7-2/h67-70,75H,6-66H2,1-5H3,(H,80,81)(H,82,83)/t68-,69+,70+/m0/s1. The number of unbranched alkanes of at least 4 members (excludes halogenated alkanes) is 46. The largest absolute Gasteiger partial charge is 0.472 e. The Balaban J connectivity index is 5.25. The number of carbonyl (C=O) groups is 4. The lowest BCUT2D eigenvalue weighted by atomic mass is 10.0. The van der Waals surface area contributed by atoms with Crippen LogP contribution in [0.25, 0.3) is 0 Å². The van der Waals surface area contributed by atoms with Crippen LogP contribution in [0.4, 0.5) is 0 Å². The minimum Gasteiger partial charge on any atom is -0.462 e. The molecule has 0 aromatic rings. The Hall–Kier alpha value is -1.94. The molecule has 0 aromatic heterocycles. The summed E-state index contributed by atoms with van der Waals surface area (Å²) < 4.78 is 68.5. The number of ether oxygens (including phenoxy) is 4. The maximum atomic E-state index is 13.1. The summed E-state index contributed by atoms with van der Waals surface area (Å²) in [6.45, 7) is 7.30. The molecule has 19 heteroatoms.